The fraction of sp³-hybridized carbons (Fsp3) is 0.355. The summed E-state index contributed by atoms with van der Waals surface area (Å²) in [5.41, 5.74) is 0.609. The summed E-state index contributed by atoms with van der Waals surface area (Å²) in [6, 6.07) is 14.4. The zero-order chi connectivity index (χ0) is 31.1. The van der Waals surface area contributed by atoms with Crippen LogP contribution in [0.2, 0.25) is 10.0 Å². The average molecular weight is 651 g/mol. The van der Waals surface area contributed by atoms with Crippen molar-refractivity contribution in [1.29, 1.82) is 0 Å². The first kappa shape index (κ1) is 32.6. The van der Waals surface area contributed by atoms with Gasteiger partial charge in [-0.1, -0.05) is 48.5 Å². The topological polar surface area (TPSA) is 96.0 Å². The van der Waals surface area contributed by atoms with Crippen molar-refractivity contribution in [2.45, 2.75) is 62.6 Å². The molecule has 3 aromatic carbocycles. The maximum Gasteiger partial charge on any atom is 0.264 e. The molecule has 1 unspecified atom stereocenters. The molecule has 8 nitrogen and oxygen atoms in total. The van der Waals surface area contributed by atoms with Gasteiger partial charge in [-0.15, -0.1) is 0 Å². The van der Waals surface area contributed by atoms with Crippen LogP contribution >= 0.6 is 23.2 Å². The number of carbonyl (C=O) groups is 2. The van der Waals surface area contributed by atoms with Crippen LogP contribution in [0.25, 0.3) is 0 Å². The third-order valence-electron chi connectivity index (χ3n) is 7.52. The number of sulfonamides is 1. The van der Waals surface area contributed by atoms with E-state index in [-0.39, 0.29) is 29.1 Å². The van der Waals surface area contributed by atoms with Crippen LogP contribution in [0.5, 0.6) is 5.75 Å². The number of methoxy groups -OCH3 is 1. The molecule has 0 heterocycles. The standard InChI is InChI=1S/C31H34Cl2FN3O5S/c1-21(31(39)35-25-6-4-3-5-7-25)36(19-22-8-9-23(32)18-29(22)33)30(38)20-37(26-12-10-24(34)11-13-26)43(40,41)28-16-14-27(42-2)15-17-28/h8-18,21,25H,3-7,19-20H2,1-2H3,(H,35,39). The van der Waals surface area contributed by atoms with E-state index in [1.165, 1.54) is 54.5 Å². The number of hydrogen-bond donors (Lipinski definition) is 1. The molecule has 0 radical (unpaired) electrons. The van der Waals surface area contributed by atoms with Crippen LogP contribution in [0.3, 0.4) is 0 Å². The molecule has 1 N–H and O–H groups in total. The molecule has 1 aliphatic carbocycles. The van der Waals surface area contributed by atoms with Crippen LogP contribution in [-0.2, 0) is 26.2 Å². The molecule has 1 atom stereocenters. The number of rotatable bonds is 11. The maximum absolute atomic E-state index is 14.1. The van der Waals surface area contributed by atoms with E-state index in [1.54, 1.807) is 19.1 Å². The summed E-state index contributed by atoms with van der Waals surface area (Å²) in [7, 11) is -2.85. The highest BCUT2D eigenvalue weighted by Gasteiger charge is 2.33. The molecule has 2 amide bonds. The second-order valence-corrected chi connectivity index (χ2v) is 13.1. The molecule has 1 saturated carbocycles. The minimum atomic E-state index is -4.31. The fourth-order valence-electron chi connectivity index (χ4n) is 5.00. The zero-order valence-electron chi connectivity index (χ0n) is 23.9. The molecular formula is C31H34Cl2FN3O5S. The first-order chi connectivity index (χ1) is 20.5. The number of ether oxygens (including phenoxy) is 1. The maximum atomic E-state index is 14.1. The number of nitrogens with zero attached hydrogens (tertiary/aromatic N) is 2. The number of hydrogen-bond acceptors (Lipinski definition) is 5. The van der Waals surface area contributed by atoms with E-state index in [4.69, 9.17) is 27.9 Å². The fourth-order valence-corrected chi connectivity index (χ4v) is 6.88. The number of nitrogens with one attached hydrogen (secondary N) is 1. The predicted molar refractivity (Wildman–Crippen MR) is 165 cm³/mol. The van der Waals surface area contributed by atoms with Gasteiger partial charge < -0.3 is 15.0 Å². The SMILES string of the molecule is COc1ccc(S(=O)(=O)N(CC(=O)N(Cc2ccc(Cl)cc2Cl)C(C)C(=O)NC2CCCCC2)c2ccc(F)cc2)cc1. The number of anilines is 1. The van der Waals surface area contributed by atoms with Crippen molar-refractivity contribution in [2.75, 3.05) is 18.0 Å². The quantitative estimate of drug-likeness (QED) is 0.267. The highest BCUT2D eigenvalue weighted by Crippen LogP contribution is 2.28. The molecular weight excluding hydrogens is 616 g/mol. The molecule has 0 bridgehead atoms. The Morgan fingerprint density at radius 1 is 1.00 bits per heavy atom. The summed E-state index contributed by atoms with van der Waals surface area (Å²) in [6.45, 7) is 0.861. The van der Waals surface area contributed by atoms with Crippen LogP contribution in [0, 0.1) is 5.82 Å². The Balaban J connectivity index is 1.69. The van der Waals surface area contributed by atoms with Gasteiger partial charge in [-0.05, 0) is 86.0 Å². The molecule has 0 saturated heterocycles. The van der Waals surface area contributed by atoms with Crippen LogP contribution in [0.15, 0.2) is 71.6 Å². The highest BCUT2D eigenvalue weighted by molar-refractivity contribution is 7.92. The van der Waals surface area contributed by atoms with Crippen LogP contribution < -0.4 is 14.4 Å². The minimum Gasteiger partial charge on any atom is -0.497 e. The van der Waals surface area contributed by atoms with E-state index in [9.17, 15) is 22.4 Å². The van der Waals surface area contributed by atoms with E-state index in [0.29, 0.717) is 21.4 Å². The monoisotopic (exact) mass is 649 g/mol. The van der Waals surface area contributed by atoms with Gasteiger partial charge in [0, 0.05) is 22.6 Å². The molecule has 0 spiro atoms. The molecule has 230 valence electrons. The van der Waals surface area contributed by atoms with Gasteiger partial charge in [0.15, 0.2) is 0 Å². The van der Waals surface area contributed by atoms with Crippen LogP contribution in [0.4, 0.5) is 10.1 Å². The van der Waals surface area contributed by atoms with E-state index in [1.807, 2.05) is 0 Å². The van der Waals surface area contributed by atoms with E-state index in [0.717, 1.165) is 48.5 Å². The van der Waals surface area contributed by atoms with Crippen molar-refractivity contribution >= 4 is 50.7 Å². The first-order valence-corrected chi connectivity index (χ1v) is 16.2. The van der Waals surface area contributed by atoms with Crippen molar-refractivity contribution < 1.29 is 27.1 Å². The van der Waals surface area contributed by atoms with Crippen LogP contribution in [0.1, 0.15) is 44.6 Å². The Hall–Kier alpha value is -3.34. The van der Waals surface area contributed by atoms with Gasteiger partial charge in [0.1, 0.15) is 24.2 Å². The summed E-state index contributed by atoms with van der Waals surface area (Å²) in [4.78, 5) is 28.7. The molecule has 0 aromatic heterocycles. The largest absolute Gasteiger partial charge is 0.497 e. The lowest BCUT2D eigenvalue weighted by Gasteiger charge is -2.33. The van der Waals surface area contributed by atoms with Gasteiger partial charge >= 0.3 is 0 Å². The lowest BCUT2D eigenvalue weighted by atomic mass is 9.95. The number of amides is 2. The van der Waals surface area contributed by atoms with Crippen molar-refractivity contribution in [1.82, 2.24) is 10.2 Å². The molecule has 1 fully saturated rings. The smallest absolute Gasteiger partial charge is 0.264 e. The second kappa shape index (κ2) is 14.4. The summed E-state index contributed by atoms with van der Waals surface area (Å²) in [5.74, 6) is -1.12. The number of halogens is 3. The Kier molecular flexibility index (Phi) is 10.9. The van der Waals surface area contributed by atoms with Gasteiger partial charge in [0.05, 0.1) is 17.7 Å². The minimum absolute atomic E-state index is 0.00550. The Morgan fingerprint density at radius 3 is 2.26 bits per heavy atom. The molecule has 43 heavy (non-hydrogen) atoms. The van der Waals surface area contributed by atoms with Crippen molar-refractivity contribution in [3.05, 3.63) is 88.2 Å². The number of carbonyl (C=O) groups excluding carboxylic acids is 2. The van der Waals surface area contributed by atoms with Crippen molar-refractivity contribution in [3.63, 3.8) is 0 Å². The van der Waals surface area contributed by atoms with Gasteiger partial charge in [-0.3, -0.25) is 13.9 Å². The highest BCUT2D eigenvalue weighted by atomic mass is 35.5. The first-order valence-electron chi connectivity index (χ1n) is 14.0. The molecule has 3 aromatic rings. The lowest BCUT2D eigenvalue weighted by Crippen LogP contribution is -2.53. The number of benzene rings is 3. The summed E-state index contributed by atoms with van der Waals surface area (Å²) < 4.78 is 47.7. The van der Waals surface area contributed by atoms with Crippen LogP contribution in [-0.4, -0.2) is 50.9 Å². The Bertz CT molecular complexity index is 1530. The van der Waals surface area contributed by atoms with E-state index < -0.39 is 34.3 Å². The molecule has 12 heteroatoms. The van der Waals surface area contributed by atoms with Gasteiger partial charge in [0.25, 0.3) is 10.0 Å². The van der Waals surface area contributed by atoms with Crippen molar-refractivity contribution in [3.8, 4) is 5.75 Å². The molecule has 0 aliphatic heterocycles. The summed E-state index contributed by atoms with van der Waals surface area (Å²) >= 11 is 12.5. The molecule has 1 aliphatic rings. The van der Waals surface area contributed by atoms with Gasteiger partial charge in [-0.25, -0.2) is 12.8 Å². The summed E-state index contributed by atoms with van der Waals surface area (Å²) in [5, 5.41) is 3.75. The third-order valence-corrected chi connectivity index (χ3v) is 9.89. The predicted octanol–water partition coefficient (Wildman–Crippen LogP) is 6.20. The Morgan fingerprint density at radius 2 is 1.65 bits per heavy atom. The van der Waals surface area contributed by atoms with Gasteiger partial charge in [-0.2, -0.15) is 0 Å². The van der Waals surface area contributed by atoms with Gasteiger partial charge in [0.2, 0.25) is 11.8 Å². The summed E-state index contributed by atoms with van der Waals surface area (Å²) in [6.07, 6.45) is 4.85. The molecule has 4 rings (SSSR count). The second-order valence-electron chi connectivity index (χ2n) is 10.4. The normalized spacial score (nSPS) is 14.5. The van der Waals surface area contributed by atoms with E-state index in [2.05, 4.69) is 5.32 Å². The van der Waals surface area contributed by atoms with Crippen molar-refractivity contribution in [2.24, 2.45) is 0 Å². The van der Waals surface area contributed by atoms with E-state index >= 15 is 0 Å². The Labute approximate surface area is 261 Å². The third kappa shape index (κ3) is 8.19. The lowest BCUT2D eigenvalue weighted by molar-refractivity contribution is -0.139. The average Bonchev–Trinajstić information content (AvgIpc) is 3.00. The zero-order valence-corrected chi connectivity index (χ0v) is 26.3.